The first-order valence-electron chi connectivity index (χ1n) is 11.8. The van der Waals surface area contributed by atoms with E-state index in [1.807, 2.05) is 0 Å². The number of imide groups is 1. The molecule has 3 heterocycles. The number of aliphatic hydroxyl groups is 2. The van der Waals surface area contributed by atoms with Crippen LogP contribution in [0.4, 0.5) is 15.4 Å². The maximum atomic E-state index is 13.0. The second-order valence-corrected chi connectivity index (χ2v) is 12.4. The third-order valence-corrected chi connectivity index (χ3v) is 5.39. The Morgan fingerprint density at radius 2 is 1.61 bits per heavy atom. The molecule has 2 amide bonds. The van der Waals surface area contributed by atoms with E-state index < -0.39 is 29.2 Å². The van der Waals surface area contributed by atoms with E-state index in [4.69, 9.17) is 28.6 Å². The Morgan fingerprint density at radius 3 is 2.11 bits per heavy atom. The van der Waals surface area contributed by atoms with Crippen LogP contribution in [0.15, 0.2) is 12.7 Å². The summed E-state index contributed by atoms with van der Waals surface area (Å²) in [6.45, 7) is 13.3. The fraction of sp³-hybridized carbons (Fsp3) is 0.696. The summed E-state index contributed by atoms with van der Waals surface area (Å²) in [5.74, 6) is -1.53. The molecular weight excluding hydrogens is 633 g/mol. The average molecular weight is 670 g/mol. The van der Waals surface area contributed by atoms with Gasteiger partial charge in [0.2, 0.25) is 0 Å². The number of aromatic nitrogens is 4. The van der Waals surface area contributed by atoms with Crippen LogP contribution in [0.5, 0.6) is 0 Å². The Hall–Kier alpha value is -1.79. The van der Waals surface area contributed by atoms with Crippen LogP contribution in [0, 0.1) is 0 Å². The first-order chi connectivity index (χ1) is 17.4. The lowest BCUT2D eigenvalue weighted by Gasteiger charge is -2.28. The van der Waals surface area contributed by atoms with E-state index in [-0.39, 0.29) is 23.7 Å². The van der Waals surface area contributed by atoms with Crippen LogP contribution in [0.2, 0.25) is 0 Å². The molecule has 15 heteroatoms. The summed E-state index contributed by atoms with van der Waals surface area (Å²) in [4.78, 5) is 39.7. The number of anilines is 1. The predicted octanol–water partition coefficient (Wildman–Crippen LogP) is 4.90. The van der Waals surface area contributed by atoms with Crippen molar-refractivity contribution in [3.05, 3.63) is 12.7 Å². The number of imidazole rings is 1. The number of rotatable bonds is 5. The number of ether oxygens (including phenoxy) is 3. The van der Waals surface area contributed by atoms with Gasteiger partial charge in [0.05, 0.1) is 28.3 Å². The Kier molecular flexibility index (Phi) is 11.1. The monoisotopic (exact) mass is 669 g/mol. The zero-order valence-corrected chi connectivity index (χ0v) is 25.8. The molecule has 0 aliphatic carbocycles. The highest BCUT2D eigenvalue weighted by Crippen LogP contribution is 2.33. The number of halogens is 1. The molecule has 0 saturated carbocycles. The quantitative estimate of drug-likeness (QED) is 0.252. The van der Waals surface area contributed by atoms with E-state index in [0.29, 0.717) is 12.3 Å². The van der Waals surface area contributed by atoms with Crippen molar-refractivity contribution in [3.63, 3.8) is 0 Å². The zero-order chi connectivity index (χ0) is 28.9. The van der Waals surface area contributed by atoms with Crippen LogP contribution in [0.1, 0.15) is 74.5 Å². The Morgan fingerprint density at radius 1 is 1.05 bits per heavy atom. The molecule has 0 aromatic carbocycles. The summed E-state index contributed by atoms with van der Waals surface area (Å²) in [5, 5.41) is 16.2. The summed E-state index contributed by atoms with van der Waals surface area (Å²) in [6, 6.07) is 0. The van der Waals surface area contributed by atoms with Crippen LogP contribution in [0.3, 0.4) is 0 Å². The van der Waals surface area contributed by atoms with Gasteiger partial charge < -0.3 is 28.6 Å². The van der Waals surface area contributed by atoms with Crippen molar-refractivity contribution >= 4 is 59.6 Å². The Labute approximate surface area is 238 Å². The lowest BCUT2D eigenvalue weighted by atomic mass is 10.2. The molecule has 3 rings (SSSR count). The number of carbonyl (C=O) groups excluding carboxylic acids is 2. The molecule has 1 fully saturated rings. The first-order valence-corrected chi connectivity index (χ1v) is 15.1. The molecule has 0 radical (unpaired) electrons. The molecule has 1 aliphatic rings. The molecule has 1 saturated heterocycles. The van der Waals surface area contributed by atoms with Crippen molar-refractivity contribution < 1.29 is 38.2 Å². The molecule has 2 N–H and O–H groups in total. The van der Waals surface area contributed by atoms with Gasteiger partial charge in [0, 0.05) is 21.2 Å². The number of hydrogen-bond acceptors (Lipinski definition) is 12. The van der Waals surface area contributed by atoms with E-state index >= 15 is 0 Å². The number of hydrogen-bond donors (Lipinski definition) is 2. The van der Waals surface area contributed by atoms with E-state index in [0.717, 1.165) is 17.7 Å². The summed E-state index contributed by atoms with van der Waals surface area (Å²) in [5.41, 5.74) is -1.01. The minimum Gasteiger partial charge on any atom is -0.443 e. The van der Waals surface area contributed by atoms with Crippen LogP contribution >= 0.6 is 30.4 Å². The maximum absolute atomic E-state index is 13.0. The van der Waals surface area contributed by atoms with Crippen LogP contribution in [0.25, 0.3) is 11.2 Å². The van der Waals surface area contributed by atoms with Crippen molar-refractivity contribution in [2.24, 2.45) is 0 Å². The Balaban J connectivity index is 0.000000926. The second-order valence-electron chi connectivity index (χ2n) is 10.9. The van der Waals surface area contributed by atoms with Gasteiger partial charge in [-0.15, -0.1) is 0 Å². The lowest BCUT2D eigenvalue weighted by Crippen LogP contribution is -2.44. The van der Waals surface area contributed by atoms with Gasteiger partial charge in [-0.25, -0.2) is 24.5 Å². The highest BCUT2D eigenvalue weighted by Gasteiger charge is 2.36. The van der Waals surface area contributed by atoms with Crippen molar-refractivity contribution in [1.82, 2.24) is 19.5 Å². The summed E-state index contributed by atoms with van der Waals surface area (Å²) >= 11 is 2.06. The molecule has 214 valence electrons. The molecule has 2 aromatic rings. The standard InChI is InChI=1S/C20H28IN5O6S.C3H8O2/c1-19(2,3)31-17(27)26(18(28)32-20(4,5)6)16-14-15(22-10-23-16)25(11-24-14)13-8-7-12(30-13)9-29-33-21;1-3(2,4)5/h10-13H,7-9H2,1-6H3;4-5H,1-2H3. The topological polar surface area (TPSA) is 158 Å². The highest BCUT2D eigenvalue weighted by molar-refractivity contribution is 14.2. The molecule has 1 aliphatic heterocycles. The molecule has 38 heavy (non-hydrogen) atoms. The molecule has 2 aromatic heterocycles. The number of amides is 2. The van der Waals surface area contributed by atoms with Gasteiger partial charge in [0.25, 0.3) is 0 Å². The Bertz CT molecular complexity index is 1060. The van der Waals surface area contributed by atoms with Crippen molar-refractivity contribution in [2.75, 3.05) is 11.5 Å². The average Bonchev–Trinajstić information content (AvgIpc) is 3.35. The number of carbonyl (C=O) groups is 2. The van der Waals surface area contributed by atoms with Crippen LogP contribution in [-0.4, -0.2) is 71.6 Å². The third kappa shape index (κ3) is 10.4. The van der Waals surface area contributed by atoms with Crippen LogP contribution in [-0.2, 0) is 18.4 Å². The number of fused-ring (bicyclic) bond motifs is 1. The van der Waals surface area contributed by atoms with Gasteiger partial charge in [-0.1, -0.05) is 0 Å². The van der Waals surface area contributed by atoms with E-state index in [9.17, 15) is 9.59 Å². The summed E-state index contributed by atoms with van der Waals surface area (Å²) < 4.78 is 24.1. The molecule has 0 spiro atoms. The molecule has 2 atom stereocenters. The van der Waals surface area contributed by atoms with E-state index in [1.54, 1.807) is 52.4 Å². The summed E-state index contributed by atoms with van der Waals surface area (Å²) in [6.07, 6.45) is 2.20. The first kappa shape index (κ1) is 32.4. The van der Waals surface area contributed by atoms with Gasteiger partial charge in [-0.05, 0) is 68.2 Å². The largest absolute Gasteiger partial charge is 0.443 e. The molecule has 13 nitrogen and oxygen atoms in total. The van der Waals surface area contributed by atoms with Gasteiger partial charge in [0.15, 0.2) is 22.8 Å². The zero-order valence-electron chi connectivity index (χ0n) is 22.8. The van der Waals surface area contributed by atoms with Gasteiger partial charge in [-0.3, -0.25) is 4.57 Å². The van der Waals surface area contributed by atoms with E-state index in [1.165, 1.54) is 29.4 Å². The summed E-state index contributed by atoms with van der Waals surface area (Å²) in [7, 11) is 1.26. The fourth-order valence-electron chi connectivity index (χ4n) is 3.19. The van der Waals surface area contributed by atoms with Gasteiger partial charge in [0.1, 0.15) is 23.8 Å². The minimum atomic E-state index is -1.50. The fourth-order valence-corrected chi connectivity index (χ4v) is 3.84. The predicted molar refractivity (Wildman–Crippen MR) is 149 cm³/mol. The second kappa shape index (κ2) is 13.0. The minimum absolute atomic E-state index is 0.0264. The van der Waals surface area contributed by atoms with Crippen LogP contribution < -0.4 is 4.90 Å². The SMILES string of the molecule is CC(C)(C)OC(=O)N(C(=O)OC(C)(C)C)c1ncnc2c1ncn2C1CCC(COSI)O1.CC(C)(O)O. The third-order valence-electron chi connectivity index (χ3n) is 4.40. The molecular formula is C23H36IN5O8S. The normalized spacial score (nSPS) is 18.1. The maximum Gasteiger partial charge on any atom is 0.425 e. The highest BCUT2D eigenvalue weighted by atomic mass is 127. The van der Waals surface area contributed by atoms with Gasteiger partial charge >= 0.3 is 12.2 Å². The molecule has 2 unspecified atom stereocenters. The number of nitrogens with zero attached hydrogens (tertiary/aromatic N) is 5. The van der Waals surface area contributed by atoms with Crippen molar-refractivity contribution in [3.8, 4) is 0 Å². The van der Waals surface area contributed by atoms with Crippen molar-refractivity contribution in [1.29, 1.82) is 0 Å². The van der Waals surface area contributed by atoms with Crippen molar-refractivity contribution in [2.45, 2.75) is 97.6 Å². The lowest BCUT2D eigenvalue weighted by molar-refractivity contribution is -0.127. The molecule has 0 bridgehead atoms. The van der Waals surface area contributed by atoms with E-state index in [2.05, 4.69) is 36.2 Å². The smallest absolute Gasteiger partial charge is 0.425 e. The van der Waals surface area contributed by atoms with Gasteiger partial charge in [-0.2, -0.15) is 4.90 Å².